The van der Waals surface area contributed by atoms with Crippen LogP contribution < -0.4 is 16.4 Å². The first kappa shape index (κ1) is 27.9. The van der Waals surface area contributed by atoms with Crippen molar-refractivity contribution < 1.29 is 39.9 Å². The average molecular weight is 490 g/mol. The van der Waals surface area contributed by atoms with Crippen LogP contribution in [0.25, 0.3) is 0 Å². The van der Waals surface area contributed by atoms with Gasteiger partial charge in [-0.2, -0.15) is 0 Å². The summed E-state index contributed by atoms with van der Waals surface area (Å²) in [6, 6.07) is 13.6. The molecule has 0 unspecified atom stereocenters. The van der Waals surface area contributed by atoms with Crippen LogP contribution in [0.5, 0.6) is 0 Å². The standard InChI is InChI=1S/C24H31N3O8/c25-16(11-14-7-3-1-4-8-14)23(34)27-18(13-28)20(31)21(32)22(33)24(35)26-17(12-19(29)30)15-9-5-2-6-10-15/h1-10,16-18,20-22,28,31-33H,11-13,25H2,(H,26,35)(H,27,34)(H,29,30)/t16-,17-,18-,20+,21+,22-/m0/s1. The molecule has 2 rings (SSSR count). The van der Waals surface area contributed by atoms with Crippen molar-refractivity contribution in [2.45, 2.75) is 49.3 Å². The third kappa shape index (κ3) is 8.42. The zero-order chi connectivity index (χ0) is 26.0. The van der Waals surface area contributed by atoms with Gasteiger partial charge in [0.1, 0.15) is 12.2 Å². The molecule has 2 aromatic carbocycles. The maximum Gasteiger partial charge on any atom is 0.305 e. The molecule has 0 heterocycles. The Bertz CT molecular complexity index is 960. The maximum absolute atomic E-state index is 12.5. The molecule has 0 aliphatic rings. The topological polar surface area (TPSA) is 202 Å². The van der Waals surface area contributed by atoms with Gasteiger partial charge in [0, 0.05) is 0 Å². The van der Waals surface area contributed by atoms with Crippen molar-refractivity contribution in [1.82, 2.24) is 10.6 Å². The molecule has 9 N–H and O–H groups in total. The summed E-state index contributed by atoms with van der Waals surface area (Å²) < 4.78 is 0. The number of hydrogen-bond acceptors (Lipinski definition) is 8. The number of rotatable bonds is 13. The Morgan fingerprint density at radius 2 is 1.40 bits per heavy atom. The van der Waals surface area contributed by atoms with Gasteiger partial charge in [0.2, 0.25) is 5.91 Å². The lowest BCUT2D eigenvalue weighted by atomic mass is 9.98. The van der Waals surface area contributed by atoms with Crippen molar-refractivity contribution in [2.75, 3.05) is 6.61 Å². The van der Waals surface area contributed by atoms with E-state index in [4.69, 9.17) is 10.8 Å². The molecule has 0 radical (unpaired) electrons. The number of carbonyl (C=O) groups is 3. The molecule has 190 valence electrons. The summed E-state index contributed by atoms with van der Waals surface area (Å²) in [7, 11) is 0. The van der Waals surface area contributed by atoms with Crippen LogP contribution in [0.4, 0.5) is 0 Å². The monoisotopic (exact) mass is 489 g/mol. The Hall–Kier alpha value is -3.35. The van der Waals surface area contributed by atoms with Gasteiger partial charge in [-0.25, -0.2) is 0 Å². The second kappa shape index (κ2) is 13.5. The number of carboxylic acid groups (broad SMARTS) is 1. The number of carboxylic acids is 1. The molecule has 6 atom stereocenters. The predicted molar refractivity (Wildman–Crippen MR) is 125 cm³/mol. The summed E-state index contributed by atoms with van der Waals surface area (Å²) in [6.07, 6.45) is -6.55. The second-order valence-electron chi connectivity index (χ2n) is 8.09. The highest BCUT2D eigenvalue weighted by molar-refractivity contribution is 5.83. The minimum absolute atomic E-state index is 0.180. The summed E-state index contributed by atoms with van der Waals surface area (Å²) in [6.45, 7) is -0.817. The van der Waals surface area contributed by atoms with Crippen molar-refractivity contribution in [3.8, 4) is 0 Å². The number of aliphatic carboxylic acids is 1. The van der Waals surface area contributed by atoms with Gasteiger partial charge in [-0.15, -0.1) is 0 Å². The molecule has 11 nitrogen and oxygen atoms in total. The fourth-order valence-corrected chi connectivity index (χ4v) is 3.44. The molecule has 0 spiro atoms. The van der Waals surface area contributed by atoms with E-state index in [1.165, 1.54) is 0 Å². The van der Waals surface area contributed by atoms with Gasteiger partial charge in [0.05, 0.1) is 31.2 Å². The zero-order valence-corrected chi connectivity index (χ0v) is 18.9. The Morgan fingerprint density at radius 3 is 1.94 bits per heavy atom. The van der Waals surface area contributed by atoms with Crippen LogP contribution in [-0.2, 0) is 20.8 Å². The highest BCUT2D eigenvalue weighted by Gasteiger charge is 2.37. The van der Waals surface area contributed by atoms with E-state index in [2.05, 4.69) is 10.6 Å². The van der Waals surface area contributed by atoms with Crippen LogP contribution in [0, 0.1) is 0 Å². The van der Waals surface area contributed by atoms with Crippen molar-refractivity contribution in [3.05, 3.63) is 71.8 Å². The molecule has 0 aliphatic heterocycles. The fourth-order valence-electron chi connectivity index (χ4n) is 3.44. The van der Waals surface area contributed by atoms with Gasteiger partial charge < -0.3 is 41.9 Å². The number of aliphatic hydroxyl groups excluding tert-OH is 4. The van der Waals surface area contributed by atoms with E-state index in [1.807, 2.05) is 0 Å². The van der Waals surface area contributed by atoms with Crippen molar-refractivity contribution in [2.24, 2.45) is 5.73 Å². The van der Waals surface area contributed by atoms with Gasteiger partial charge in [0.25, 0.3) is 5.91 Å². The number of amides is 2. The Morgan fingerprint density at radius 1 is 0.829 bits per heavy atom. The lowest BCUT2D eigenvalue weighted by Crippen LogP contribution is -2.58. The molecule has 2 amide bonds. The van der Waals surface area contributed by atoms with Gasteiger partial charge in [-0.05, 0) is 17.5 Å². The summed E-state index contributed by atoms with van der Waals surface area (Å²) >= 11 is 0. The first-order valence-electron chi connectivity index (χ1n) is 11.0. The van der Waals surface area contributed by atoms with Crippen LogP contribution in [0.1, 0.15) is 23.6 Å². The van der Waals surface area contributed by atoms with E-state index in [0.29, 0.717) is 5.56 Å². The molecule has 0 aromatic heterocycles. The number of hydrogen-bond donors (Lipinski definition) is 8. The SMILES string of the molecule is N[C@@H](Cc1ccccc1)C(=O)N[C@@H](CO)[C@@H](O)[C@@H](O)[C@H](O)C(=O)N[C@@H](CC(=O)O)c1ccccc1. The van der Waals surface area contributed by atoms with Gasteiger partial charge in [0.15, 0.2) is 6.10 Å². The molecule has 11 heteroatoms. The molecule has 0 saturated carbocycles. The van der Waals surface area contributed by atoms with Crippen molar-refractivity contribution >= 4 is 17.8 Å². The van der Waals surface area contributed by atoms with E-state index >= 15 is 0 Å². The lowest BCUT2D eigenvalue weighted by Gasteiger charge is -2.30. The second-order valence-corrected chi connectivity index (χ2v) is 8.09. The van der Waals surface area contributed by atoms with Crippen LogP contribution >= 0.6 is 0 Å². The number of nitrogens with one attached hydrogen (secondary N) is 2. The number of carbonyl (C=O) groups excluding carboxylic acids is 2. The first-order valence-corrected chi connectivity index (χ1v) is 11.0. The Balaban J connectivity index is 2.00. The van der Waals surface area contributed by atoms with E-state index < -0.39 is 67.2 Å². The van der Waals surface area contributed by atoms with E-state index in [9.17, 15) is 34.8 Å². The highest BCUT2D eigenvalue weighted by Crippen LogP contribution is 2.17. The molecular weight excluding hydrogens is 458 g/mol. The highest BCUT2D eigenvalue weighted by atomic mass is 16.4. The Labute approximate surface area is 202 Å². The summed E-state index contributed by atoms with van der Waals surface area (Å²) in [5, 5.41) is 54.4. The van der Waals surface area contributed by atoms with Gasteiger partial charge in [-0.1, -0.05) is 60.7 Å². The predicted octanol–water partition coefficient (Wildman–Crippen LogP) is -1.55. The van der Waals surface area contributed by atoms with Gasteiger partial charge >= 0.3 is 5.97 Å². The molecule has 2 aromatic rings. The third-order valence-corrected chi connectivity index (χ3v) is 5.41. The Kier molecular flexibility index (Phi) is 10.8. The summed E-state index contributed by atoms with van der Waals surface area (Å²) in [4.78, 5) is 36.1. The van der Waals surface area contributed by atoms with E-state index in [1.54, 1.807) is 60.7 Å². The number of aliphatic hydroxyl groups is 4. The van der Waals surface area contributed by atoms with Crippen LogP contribution in [0.15, 0.2) is 60.7 Å². The van der Waals surface area contributed by atoms with Crippen LogP contribution in [0.3, 0.4) is 0 Å². The largest absolute Gasteiger partial charge is 0.481 e. The minimum Gasteiger partial charge on any atom is -0.481 e. The molecule has 0 fully saturated rings. The summed E-state index contributed by atoms with van der Waals surface area (Å²) in [5.41, 5.74) is 7.13. The smallest absolute Gasteiger partial charge is 0.305 e. The third-order valence-electron chi connectivity index (χ3n) is 5.41. The maximum atomic E-state index is 12.5. The number of benzene rings is 2. The van der Waals surface area contributed by atoms with Crippen LogP contribution in [0.2, 0.25) is 0 Å². The molecular formula is C24H31N3O8. The average Bonchev–Trinajstić information content (AvgIpc) is 2.86. The zero-order valence-electron chi connectivity index (χ0n) is 18.9. The molecule has 35 heavy (non-hydrogen) atoms. The van der Waals surface area contributed by atoms with Crippen molar-refractivity contribution in [1.29, 1.82) is 0 Å². The van der Waals surface area contributed by atoms with Crippen molar-refractivity contribution in [3.63, 3.8) is 0 Å². The first-order chi connectivity index (χ1) is 16.6. The minimum atomic E-state index is -2.19. The van der Waals surface area contributed by atoms with E-state index in [-0.39, 0.29) is 6.42 Å². The quantitative estimate of drug-likeness (QED) is 0.164. The summed E-state index contributed by atoms with van der Waals surface area (Å²) in [5.74, 6) is -3.07. The molecule has 0 aliphatic carbocycles. The van der Waals surface area contributed by atoms with Crippen LogP contribution in [-0.4, -0.2) is 80.3 Å². The van der Waals surface area contributed by atoms with Gasteiger partial charge in [-0.3, -0.25) is 14.4 Å². The molecule has 0 saturated heterocycles. The normalized spacial score (nSPS) is 16.3. The lowest BCUT2D eigenvalue weighted by molar-refractivity contribution is -0.145. The molecule has 0 bridgehead atoms. The fraction of sp³-hybridized carbons (Fsp3) is 0.375. The number of nitrogens with two attached hydrogens (primary N) is 1. The van der Waals surface area contributed by atoms with E-state index in [0.717, 1.165) is 5.56 Å².